The fourth-order valence-corrected chi connectivity index (χ4v) is 4.20. The third kappa shape index (κ3) is 5.27. The lowest BCUT2D eigenvalue weighted by atomic mass is 9.88. The molecule has 0 aliphatic carbocycles. The summed E-state index contributed by atoms with van der Waals surface area (Å²) in [4.78, 5) is 0. The molecule has 160 valence electrons. The van der Waals surface area contributed by atoms with Crippen LogP contribution in [0.5, 0.6) is 5.75 Å². The van der Waals surface area contributed by atoms with E-state index in [2.05, 4.69) is 103 Å². The van der Waals surface area contributed by atoms with Crippen LogP contribution in [0.3, 0.4) is 0 Å². The minimum absolute atomic E-state index is 0.237. The van der Waals surface area contributed by atoms with Crippen molar-refractivity contribution in [2.45, 2.75) is 25.4 Å². The Morgan fingerprint density at radius 3 is 1.62 bits per heavy atom. The van der Waals surface area contributed by atoms with Crippen molar-refractivity contribution in [2.75, 3.05) is 13.2 Å². The molecule has 4 aromatic carbocycles. The number of benzene rings is 4. The van der Waals surface area contributed by atoms with E-state index < -0.39 is 0 Å². The van der Waals surface area contributed by atoms with Crippen molar-refractivity contribution in [1.82, 2.24) is 0 Å². The number of hydrogen-bond donors (Lipinski definition) is 0. The van der Waals surface area contributed by atoms with Crippen LogP contribution in [0.1, 0.15) is 33.4 Å². The lowest BCUT2D eigenvalue weighted by Crippen LogP contribution is -2.10. The largest absolute Gasteiger partial charge is 0.490 e. The van der Waals surface area contributed by atoms with Crippen molar-refractivity contribution in [1.29, 1.82) is 0 Å². The molecular formula is C30H28O2. The standard InChI is InChI=1S/C30H28O2/c1-4-10-23(11-5-1)18-26-16-17-30(32-22-27-21-31-27)29(20-25-14-8-3-9-15-25)28(26)19-24-12-6-2-7-13-24/h1-17,27H,18-22H2. The van der Waals surface area contributed by atoms with Gasteiger partial charge < -0.3 is 9.47 Å². The Hall–Kier alpha value is -3.36. The average Bonchev–Trinajstić information content (AvgIpc) is 3.67. The predicted molar refractivity (Wildman–Crippen MR) is 129 cm³/mol. The molecule has 1 aliphatic rings. The molecule has 4 aromatic rings. The maximum absolute atomic E-state index is 6.29. The van der Waals surface area contributed by atoms with E-state index in [1.165, 1.54) is 33.4 Å². The second kappa shape index (κ2) is 9.84. The van der Waals surface area contributed by atoms with E-state index in [4.69, 9.17) is 9.47 Å². The fourth-order valence-electron chi connectivity index (χ4n) is 4.20. The summed E-state index contributed by atoms with van der Waals surface area (Å²) in [6, 6.07) is 36.6. The summed E-state index contributed by atoms with van der Waals surface area (Å²) in [6.45, 7) is 1.42. The Morgan fingerprint density at radius 2 is 1.09 bits per heavy atom. The molecule has 0 amide bonds. The highest BCUT2D eigenvalue weighted by Gasteiger charge is 2.24. The Balaban J connectivity index is 1.57. The quantitative estimate of drug-likeness (QED) is 0.299. The predicted octanol–water partition coefficient (Wildman–Crippen LogP) is 6.24. The van der Waals surface area contributed by atoms with Gasteiger partial charge in [-0.1, -0.05) is 97.1 Å². The molecule has 2 heteroatoms. The number of hydrogen-bond acceptors (Lipinski definition) is 2. The zero-order valence-corrected chi connectivity index (χ0v) is 18.2. The van der Waals surface area contributed by atoms with Gasteiger partial charge in [0.1, 0.15) is 18.5 Å². The van der Waals surface area contributed by atoms with E-state index in [0.717, 1.165) is 31.6 Å². The minimum Gasteiger partial charge on any atom is -0.490 e. The minimum atomic E-state index is 0.237. The summed E-state index contributed by atoms with van der Waals surface area (Å²) in [5.74, 6) is 0.979. The normalized spacial score (nSPS) is 14.8. The molecule has 1 unspecified atom stereocenters. The Morgan fingerprint density at radius 1 is 0.594 bits per heavy atom. The molecule has 1 heterocycles. The smallest absolute Gasteiger partial charge is 0.123 e. The van der Waals surface area contributed by atoms with Crippen LogP contribution in [-0.4, -0.2) is 19.3 Å². The van der Waals surface area contributed by atoms with Gasteiger partial charge in [0, 0.05) is 12.0 Å². The number of rotatable bonds is 9. The molecule has 0 radical (unpaired) electrons. The molecular weight excluding hydrogens is 392 g/mol. The molecule has 1 aliphatic heterocycles. The number of ether oxygens (including phenoxy) is 2. The van der Waals surface area contributed by atoms with Crippen LogP contribution in [0.15, 0.2) is 103 Å². The van der Waals surface area contributed by atoms with Gasteiger partial charge in [-0.3, -0.25) is 0 Å². The maximum Gasteiger partial charge on any atom is 0.123 e. The van der Waals surface area contributed by atoms with Crippen LogP contribution in [0.25, 0.3) is 0 Å². The maximum atomic E-state index is 6.29. The fraction of sp³-hybridized carbons (Fsp3) is 0.200. The first-order valence-corrected chi connectivity index (χ1v) is 11.3. The molecule has 2 nitrogen and oxygen atoms in total. The van der Waals surface area contributed by atoms with Gasteiger partial charge in [-0.05, 0) is 46.7 Å². The Bertz CT molecular complexity index is 1130. The van der Waals surface area contributed by atoms with Crippen molar-refractivity contribution in [2.24, 2.45) is 0 Å². The van der Waals surface area contributed by atoms with E-state index in [1.807, 2.05) is 0 Å². The third-order valence-electron chi connectivity index (χ3n) is 6.00. The lowest BCUT2D eigenvalue weighted by molar-refractivity contribution is 0.261. The van der Waals surface area contributed by atoms with Crippen LogP contribution in [0.2, 0.25) is 0 Å². The van der Waals surface area contributed by atoms with Crippen molar-refractivity contribution >= 4 is 0 Å². The van der Waals surface area contributed by atoms with Crippen LogP contribution < -0.4 is 4.74 Å². The Labute approximate surface area is 190 Å². The first kappa shape index (κ1) is 20.5. The van der Waals surface area contributed by atoms with Gasteiger partial charge >= 0.3 is 0 Å². The third-order valence-corrected chi connectivity index (χ3v) is 6.00. The zero-order valence-electron chi connectivity index (χ0n) is 18.2. The van der Waals surface area contributed by atoms with Crippen LogP contribution >= 0.6 is 0 Å². The number of epoxide rings is 1. The van der Waals surface area contributed by atoms with E-state index in [-0.39, 0.29) is 6.10 Å². The summed E-state index contributed by atoms with van der Waals surface area (Å²) in [7, 11) is 0. The first-order valence-electron chi connectivity index (χ1n) is 11.3. The van der Waals surface area contributed by atoms with Gasteiger partial charge in [0.2, 0.25) is 0 Å². The molecule has 0 aromatic heterocycles. The zero-order chi connectivity index (χ0) is 21.6. The van der Waals surface area contributed by atoms with Crippen LogP contribution in [0.4, 0.5) is 0 Å². The molecule has 1 atom stereocenters. The van der Waals surface area contributed by atoms with Gasteiger partial charge in [0.05, 0.1) is 6.61 Å². The van der Waals surface area contributed by atoms with Gasteiger partial charge in [-0.15, -0.1) is 0 Å². The van der Waals surface area contributed by atoms with Gasteiger partial charge in [0.25, 0.3) is 0 Å². The molecule has 32 heavy (non-hydrogen) atoms. The van der Waals surface area contributed by atoms with Crippen LogP contribution in [0, 0.1) is 0 Å². The first-order chi connectivity index (χ1) is 15.8. The molecule has 1 fully saturated rings. The topological polar surface area (TPSA) is 21.8 Å². The second-order valence-electron chi connectivity index (χ2n) is 8.43. The highest BCUT2D eigenvalue weighted by Crippen LogP contribution is 2.32. The van der Waals surface area contributed by atoms with Crippen molar-refractivity contribution in [3.05, 3.63) is 137 Å². The summed E-state index contributed by atoms with van der Waals surface area (Å²) < 4.78 is 11.7. The van der Waals surface area contributed by atoms with E-state index >= 15 is 0 Å². The molecule has 0 N–H and O–H groups in total. The molecule has 0 bridgehead atoms. The van der Waals surface area contributed by atoms with Crippen molar-refractivity contribution < 1.29 is 9.47 Å². The molecule has 5 rings (SSSR count). The SMILES string of the molecule is c1ccc(Cc2ccc(OCC3CO3)c(Cc3ccccc3)c2Cc2ccccc2)cc1. The molecule has 1 saturated heterocycles. The molecule has 0 spiro atoms. The summed E-state index contributed by atoms with van der Waals surface area (Å²) in [6.07, 6.45) is 2.90. The van der Waals surface area contributed by atoms with Gasteiger partial charge in [-0.25, -0.2) is 0 Å². The monoisotopic (exact) mass is 420 g/mol. The molecule has 0 saturated carbocycles. The summed E-state index contributed by atoms with van der Waals surface area (Å²) in [5, 5.41) is 0. The highest BCUT2D eigenvalue weighted by molar-refractivity contribution is 5.51. The van der Waals surface area contributed by atoms with E-state index in [0.29, 0.717) is 6.61 Å². The average molecular weight is 421 g/mol. The highest BCUT2D eigenvalue weighted by atomic mass is 16.6. The summed E-state index contributed by atoms with van der Waals surface area (Å²) in [5.41, 5.74) is 7.96. The lowest BCUT2D eigenvalue weighted by Gasteiger charge is -2.20. The van der Waals surface area contributed by atoms with Gasteiger partial charge in [0.15, 0.2) is 0 Å². The summed E-state index contributed by atoms with van der Waals surface area (Å²) >= 11 is 0. The van der Waals surface area contributed by atoms with Crippen molar-refractivity contribution in [3.63, 3.8) is 0 Å². The van der Waals surface area contributed by atoms with Crippen molar-refractivity contribution in [3.8, 4) is 5.75 Å². The van der Waals surface area contributed by atoms with Crippen LogP contribution in [-0.2, 0) is 24.0 Å². The second-order valence-corrected chi connectivity index (χ2v) is 8.43. The van der Waals surface area contributed by atoms with E-state index in [1.54, 1.807) is 0 Å². The Kier molecular flexibility index (Phi) is 6.32. The van der Waals surface area contributed by atoms with E-state index in [9.17, 15) is 0 Å². The van der Waals surface area contributed by atoms with Gasteiger partial charge in [-0.2, -0.15) is 0 Å².